The summed E-state index contributed by atoms with van der Waals surface area (Å²) in [6.07, 6.45) is 0.786. The number of amides is 3. The van der Waals surface area contributed by atoms with Crippen molar-refractivity contribution >= 4 is 53.2 Å². The van der Waals surface area contributed by atoms with Crippen LogP contribution in [-0.4, -0.2) is 75.3 Å². The van der Waals surface area contributed by atoms with Gasteiger partial charge >= 0.3 is 11.9 Å². The van der Waals surface area contributed by atoms with Gasteiger partial charge in [-0.3, -0.25) is 19.2 Å². The number of aromatic amines is 1. The van der Waals surface area contributed by atoms with E-state index in [0.717, 1.165) is 10.9 Å². The largest absolute Gasteiger partial charge is 0.481 e. The molecule has 1 aromatic heterocycles. The molecular formula is C20H25N5O7S. The molecule has 3 atom stereocenters. The number of hydrogen-bond acceptors (Lipinski definition) is 7. The average Bonchev–Trinajstić information content (AvgIpc) is 3.18. The lowest BCUT2D eigenvalue weighted by Gasteiger charge is -2.21. The molecule has 8 N–H and O–H groups in total. The number of H-pyrrole nitrogens is 1. The van der Waals surface area contributed by atoms with Gasteiger partial charge in [0.05, 0.1) is 19.0 Å². The molecule has 0 saturated carbocycles. The van der Waals surface area contributed by atoms with E-state index in [1.54, 1.807) is 12.3 Å². The van der Waals surface area contributed by atoms with Crippen molar-refractivity contribution in [1.29, 1.82) is 0 Å². The summed E-state index contributed by atoms with van der Waals surface area (Å²) in [7, 11) is 0. The first-order valence-electron chi connectivity index (χ1n) is 9.85. The minimum absolute atomic E-state index is 0.0227. The highest BCUT2D eigenvalue weighted by Crippen LogP contribution is 2.19. The van der Waals surface area contributed by atoms with Crippen molar-refractivity contribution < 1.29 is 34.2 Å². The standard InChI is InChI=1S/C20H25N5O7S/c21-12(9-33)18(29)23-8-16(26)24-14(19(30)25-15(20(31)32)6-17(27)28)5-10-7-22-13-4-2-1-3-11(10)13/h1-4,7,12,14-15,22,33H,5-6,8-9,21H2,(H,23,29)(H,24,26)(H,25,30)(H,27,28)(H,31,32). The van der Waals surface area contributed by atoms with Gasteiger partial charge in [-0.2, -0.15) is 12.6 Å². The second-order valence-corrected chi connectivity index (χ2v) is 7.55. The number of aromatic nitrogens is 1. The molecule has 13 heteroatoms. The number of aliphatic carboxylic acids is 2. The summed E-state index contributed by atoms with van der Waals surface area (Å²) in [4.78, 5) is 62.3. The van der Waals surface area contributed by atoms with Crippen LogP contribution in [0, 0.1) is 0 Å². The molecule has 0 aliphatic carbocycles. The van der Waals surface area contributed by atoms with Gasteiger partial charge in [-0.05, 0) is 11.6 Å². The first-order valence-corrected chi connectivity index (χ1v) is 10.5. The highest BCUT2D eigenvalue weighted by molar-refractivity contribution is 7.80. The van der Waals surface area contributed by atoms with Crippen molar-refractivity contribution in [1.82, 2.24) is 20.9 Å². The van der Waals surface area contributed by atoms with Crippen LogP contribution in [0.5, 0.6) is 0 Å². The summed E-state index contributed by atoms with van der Waals surface area (Å²) in [5.41, 5.74) is 6.98. The summed E-state index contributed by atoms with van der Waals surface area (Å²) < 4.78 is 0. The lowest BCUT2D eigenvalue weighted by molar-refractivity contribution is -0.147. The summed E-state index contributed by atoms with van der Waals surface area (Å²) in [5, 5.41) is 25.8. The van der Waals surface area contributed by atoms with Crippen molar-refractivity contribution in [3.63, 3.8) is 0 Å². The number of nitrogens with two attached hydrogens (primary N) is 1. The van der Waals surface area contributed by atoms with Gasteiger partial charge in [0.1, 0.15) is 12.1 Å². The zero-order valence-electron chi connectivity index (χ0n) is 17.4. The number of carboxylic acids is 2. The number of carboxylic acid groups (broad SMARTS) is 2. The highest BCUT2D eigenvalue weighted by atomic mass is 32.1. The van der Waals surface area contributed by atoms with Gasteiger partial charge in [-0.25, -0.2) is 4.79 Å². The van der Waals surface area contributed by atoms with E-state index in [1.165, 1.54) is 0 Å². The molecule has 3 unspecified atom stereocenters. The third-order valence-electron chi connectivity index (χ3n) is 4.70. The first-order chi connectivity index (χ1) is 15.6. The minimum atomic E-state index is -1.69. The molecule has 0 saturated heterocycles. The summed E-state index contributed by atoms with van der Waals surface area (Å²) in [6, 6.07) is 3.38. The van der Waals surface area contributed by atoms with Gasteiger partial charge in [0.25, 0.3) is 0 Å². The van der Waals surface area contributed by atoms with E-state index in [1.807, 2.05) is 18.2 Å². The molecule has 0 radical (unpaired) electrons. The number of carbonyl (C=O) groups excluding carboxylic acids is 3. The zero-order valence-corrected chi connectivity index (χ0v) is 18.3. The molecular weight excluding hydrogens is 454 g/mol. The molecule has 33 heavy (non-hydrogen) atoms. The number of hydrogen-bond donors (Lipinski definition) is 8. The Balaban J connectivity index is 2.18. The van der Waals surface area contributed by atoms with E-state index in [2.05, 4.69) is 33.6 Å². The maximum atomic E-state index is 12.8. The third-order valence-corrected chi connectivity index (χ3v) is 5.09. The maximum Gasteiger partial charge on any atom is 0.326 e. The Bertz CT molecular complexity index is 1040. The molecule has 0 fully saturated rings. The van der Waals surface area contributed by atoms with Crippen LogP contribution >= 0.6 is 12.6 Å². The summed E-state index contributed by atoms with van der Waals surface area (Å²) in [6.45, 7) is -0.477. The molecule has 0 aliphatic heterocycles. The first kappa shape index (κ1) is 25.7. The van der Waals surface area contributed by atoms with Crippen LogP contribution in [0.3, 0.4) is 0 Å². The molecule has 0 spiro atoms. The molecule has 1 heterocycles. The summed E-state index contributed by atoms with van der Waals surface area (Å²) >= 11 is 3.90. The Labute approximate surface area is 193 Å². The smallest absolute Gasteiger partial charge is 0.326 e. The fraction of sp³-hybridized carbons (Fsp3) is 0.350. The third kappa shape index (κ3) is 7.50. The second kappa shape index (κ2) is 11.9. The molecule has 2 rings (SSSR count). The van der Waals surface area contributed by atoms with Crippen LogP contribution in [0.1, 0.15) is 12.0 Å². The van der Waals surface area contributed by atoms with Crippen molar-refractivity contribution in [2.75, 3.05) is 12.3 Å². The number of nitrogens with one attached hydrogen (secondary N) is 4. The van der Waals surface area contributed by atoms with Crippen LogP contribution in [0.15, 0.2) is 30.5 Å². The van der Waals surface area contributed by atoms with E-state index >= 15 is 0 Å². The van der Waals surface area contributed by atoms with Crippen molar-refractivity contribution in [3.8, 4) is 0 Å². The number of carbonyl (C=O) groups is 5. The molecule has 1 aromatic carbocycles. The number of rotatable bonds is 12. The summed E-state index contributed by atoms with van der Waals surface area (Å²) in [5.74, 6) is -5.09. The number of thiol groups is 1. The van der Waals surface area contributed by atoms with Crippen molar-refractivity contribution in [3.05, 3.63) is 36.0 Å². The fourth-order valence-corrected chi connectivity index (χ4v) is 3.17. The quantitative estimate of drug-likeness (QED) is 0.170. The van der Waals surface area contributed by atoms with Crippen molar-refractivity contribution in [2.45, 2.75) is 31.0 Å². The zero-order chi connectivity index (χ0) is 24.5. The lowest BCUT2D eigenvalue weighted by atomic mass is 10.0. The molecule has 12 nitrogen and oxygen atoms in total. The van der Waals surface area contributed by atoms with E-state index in [0.29, 0.717) is 5.56 Å². The molecule has 0 aliphatic rings. The Morgan fingerprint density at radius 3 is 2.36 bits per heavy atom. The average molecular weight is 480 g/mol. The number of benzene rings is 1. The van der Waals surface area contributed by atoms with E-state index in [-0.39, 0.29) is 12.2 Å². The van der Waals surface area contributed by atoms with Crippen LogP contribution in [0.4, 0.5) is 0 Å². The fourth-order valence-electron chi connectivity index (χ4n) is 3.00. The molecule has 178 valence electrons. The van der Waals surface area contributed by atoms with Crippen molar-refractivity contribution in [2.24, 2.45) is 5.73 Å². The number of fused-ring (bicyclic) bond motifs is 1. The van der Waals surface area contributed by atoms with Crippen LogP contribution in [0.25, 0.3) is 10.9 Å². The van der Waals surface area contributed by atoms with Gasteiger partial charge in [-0.1, -0.05) is 18.2 Å². The second-order valence-electron chi connectivity index (χ2n) is 7.19. The monoisotopic (exact) mass is 479 g/mol. The maximum absolute atomic E-state index is 12.8. The Morgan fingerprint density at radius 2 is 1.73 bits per heavy atom. The molecule has 3 amide bonds. The van der Waals surface area contributed by atoms with Gasteiger partial charge in [-0.15, -0.1) is 0 Å². The lowest BCUT2D eigenvalue weighted by Crippen LogP contribution is -2.54. The predicted octanol–water partition coefficient (Wildman–Crippen LogP) is -1.39. The Morgan fingerprint density at radius 1 is 1.03 bits per heavy atom. The van der Waals surface area contributed by atoms with Crippen LogP contribution in [0.2, 0.25) is 0 Å². The van der Waals surface area contributed by atoms with Gasteiger partial charge in [0.2, 0.25) is 17.7 Å². The van der Waals surface area contributed by atoms with Gasteiger partial charge in [0, 0.05) is 29.3 Å². The van der Waals surface area contributed by atoms with E-state index < -0.39 is 60.8 Å². The van der Waals surface area contributed by atoms with E-state index in [9.17, 15) is 29.1 Å². The van der Waals surface area contributed by atoms with Gasteiger partial charge < -0.3 is 36.9 Å². The molecule has 0 bridgehead atoms. The van der Waals surface area contributed by atoms with E-state index in [4.69, 9.17) is 10.8 Å². The van der Waals surface area contributed by atoms with Crippen LogP contribution in [-0.2, 0) is 30.4 Å². The minimum Gasteiger partial charge on any atom is -0.481 e. The molecule has 2 aromatic rings. The normalized spacial score (nSPS) is 13.5. The SMILES string of the molecule is NC(CS)C(=O)NCC(=O)NC(Cc1c[nH]c2ccccc12)C(=O)NC(CC(=O)O)C(=O)O. The number of para-hydroxylation sites is 1. The van der Waals surface area contributed by atoms with Gasteiger partial charge in [0.15, 0.2) is 0 Å². The van der Waals surface area contributed by atoms with Crippen LogP contribution < -0.4 is 21.7 Å². The Kier molecular flexibility index (Phi) is 9.24. The Hall–Kier alpha value is -3.58. The topological polar surface area (TPSA) is 204 Å². The highest BCUT2D eigenvalue weighted by Gasteiger charge is 2.29. The predicted molar refractivity (Wildman–Crippen MR) is 121 cm³/mol.